The maximum Gasteiger partial charge on any atom is 0.119 e. The molecule has 1 aromatic rings. The first-order valence-corrected chi connectivity index (χ1v) is 7.26. The van der Waals surface area contributed by atoms with Crippen molar-refractivity contribution in [3.05, 3.63) is 29.3 Å². The van der Waals surface area contributed by atoms with E-state index in [4.69, 9.17) is 4.74 Å². The molecule has 0 aromatic heterocycles. The van der Waals surface area contributed by atoms with E-state index in [2.05, 4.69) is 37.4 Å². The average molecular weight is 247 g/mol. The van der Waals surface area contributed by atoms with Gasteiger partial charge in [0.15, 0.2) is 0 Å². The Labute approximate surface area is 111 Å². The summed E-state index contributed by atoms with van der Waals surface area (Å²) in [6.45, 7) is 8.42. The molecule has 0 saturated carbocycles. The topological polar surface area (TPSA) is 21.3 Å². The van der Waals surface area contributed by atoms with E-state index in [-0.39, 0.29) is 0 Å². The van der Waals surface area contributed by atoms with Gasteiger partial charge in [-0.25, -0.2) is 0 Å². The average Bonchev–Trinajstić information content (AvgIpc) is 2.38. The van der Waals surface area contributed by atoms with E-state index in [1.54, 1.807) is 0 Å². The van der Waals surface area contributed by atoms with Crippen LogP contribution in [0.2, 0.25) is 0 Å². The standard InChI is InChI=1S/C16H25NO/c1-4-10-17-16-9-6-12(3)14-8-7-13(18-5-2)11-15(14)16/h7-8,11-12,16-17H,4-6,9-10H2,1-3H3. The second kappa shape index (κ2) is 6.24. The molecule has 1 N–H and O–H groups in total. The number of hydrogen-bond acceptors (Lipinski definition) is 2. The number of rotatable bonds is 5. The van der Waals surface area contributed by atoms with Gasteiger partial charge in [-0.3, -0.25) is 0 Å². The van der Waals surface area contributed by atoms with Crippen molar-refractivity contribution < 1.29 is 4.74 Å². The summed E-state index contributed by atoms with van der Waals surface area (Å²) in [5.74, 6) is 1.68. The lowest BCUT2D eigenvalue weighted by Gasteiger charge is -2.31. The van der Waals surface area contributed by atoms with Crippen molar-refractivity contribution in [1.82, 2.24) is 5.32 Å². The smallest absolute Gasteiger partial charge is 0.119 e. The van der Waals surface area contributed by atoms with Gasteiger partial charge in [0.1, 0.15) is 5.75 Å². The fraction of sp³-hybridized carbons (Fsp3) is 0.625. The molecule has 0 bridgehead atoms. The van der Waals surface area contributed by atoms with Crippen LogP contribution < -0.4 is 10.1 Å². The molecule has 1 aliphatic carbocycles. The second-order valence-electron chi connectivity index (χ2n) is 5.21. The molecule has 2 atom stereocenters. The third-order valence-electron chi connectivity index (χ3n) is 3.80. The Bertz CT molecular complexity index is 389. The van der Waals surface area contributed by atoms with Gasteiger partial charge in [-0.1, -0.05) is 19.9 Å². The van der Waals surface area contributed by atoms with Crippen LogP contribution in [0.15, 0.2) is 18.2 Å². The molecule has 100 valence electrons. The van der Waals surface area contributed by atoms with E-state index in [9.17, 15) is 0 Å². The molecule has 18 heavy (non-hydrogen) atoms. The fourth-order valence-electron chi connectivity index (χ4n) is 2.82. The molecule has 0 heterocycles. The Morgan fingerprint density at radius 3 is 2.78 bits per heavy atom. The monoisotopic (exact) mass is 247 g/mol. The van der Waals surface area contributed by atoms with E-state index < -0.39 is 0 Å². The molecule has 1 aromatic carbocycles. The normalized spacial score (nSPS) is 22.6. The first kappa shape index (κ1) is 13.4. The molecule has 2 rings (SSSR count). The zero-order chi connectivity index (χ0) is 13.0. The predicted molar refractivity (Wildman–Crippen MR) is 76.3 cm³/mol. The molecule has 1 aliphatic rings. The Hall–Kier alpha value is -1.02. The van der Waals surface area contributed by atoms with Gasteiger partial charge in [0, 0.05) is 6.04 Å². The molecule has 0 fully saturated rings. The van der Waals surface area contributed by atoms with Crippen LogP contribution in [0.4, 0.5) is 0 Å². The maximum absolute atomic E-state index is 5.63. The lowest BCUT2D eigenvalue weighted by molar-refractivity contribution is 0.337. The van der Waals surface area contributed by atoms with Crippen LogP contribution in [-0.2, 0) is 0 Å². The predicted octanol–water partition coefficient (Wildman–Crippen LogP) is 4.02. The van der Waals surface area contributed by atoms with Gasteiger partial charge in [0.25, 0.3) is 0 Å². The first-order valence-electron chi connectivity index (χ1n) is 7.26. The third kappa shape index (κ3) is 2.86. The molecular weight excluding hydrogens is 222 g/mol. The highest BCUT2D eigenvalue weighted by atomic mass is 16.5. The van der Waals surface area contributed by atoms with E-state index in [0.29, 0.717) is 12.0 Å². The number of benzene rings is 1. The van der Waals surface area contributed by atoms with Gasteiger partial charge in [0.2, 0.25) is 0 Å². The summed E-state index contributed by atoms with van der Waals surface area (Å²) in [7, 11) is 0. The highest BCUT2D eigenvalue weighted by Gasteiger charge is 2.24. The lowest BCUT2D eigenvalue weighted by Crippen LogP contribution is -2.26. The number of nitrogens with one attached hydrogen (secondary N) is 1. The molecule has 0 spiro atoms. The molecule has 0 saturated heterocycles. The minimum atomic E-state index is 0.511. The van der Waals surface area contributed by atoms with Crippen LogP contribution >= 0.6 is 0 Å². The summed E-state index contributed by atoms with van der Waals surface area (Å²) < 4.78 is 5.63. The number of ether oxygens (including phenoxy) is 1. The van der Waals surface area contributed by atoms with Crippen molar-refractivity contribution in [2.45, 2.75) is 52.0 Å². The van der Waals surface area contributed by atoms with Gasteiger partial charge >= 0.3 is 0 Å². The van der Waals surface area contributed by atoms with Crippen LogP contribution in [0, 0.1) is 0 Å². The van der Waals surface area contributed by atoms with Crippen LogP contribution in [-0.4, -0.2) is 13.2 Å². The van der Waals surface area contributed by atoms with Crippen LogP contribution in [0.5, 0.6) is 5.75 Å². The van der Waals surface area contributed by atoms with Crippen molar-refractivity contribution in [3.63, 3.8) is 0 Å². The highest BCUT2D eigenvalue weighted by molar-refractivity contribution is 5.41. The number of fused-ring (bicyclic) bond motifs is 1. The van der Waals surface area contributed by atoms with Crippen LogP contribution in [0.25, 0.3) is 0 Å². The van der Waals surface area contributed by atoms with Gasteiger partial charge in [-0.2, -0.15) is 0 Å². The van der Waals surface area contributed by atoms with Crippen molar-refractivity contribution in [3.8, 4) is 5.75 Å². The van der Waals surface area contributed by atoms with E-state index in [1.807, 2.05) is 6.92 Å². The summed E-state index contributed by atoms with van der Waals surface area (Å²) >= 11 is 0. The summed E-state index contributed by atoms with van der Waals surface area (Å²) in [6.07, 6.45) is 3.71. The zero-order valence-corrected chi connectivity index (χ0v) is 11.8. The Balaban J connectivity index is 2.25. The van der Waals surface area contributed by atoms with Gasteiger partial charge in [0.05, 0.1) is 6.61 Å². The van der Waals surface area contributed by atoms with Crippen molar-refractivity contribution in [2.24, 2.45) is 0 Å². The van der Waals surface area contributed by atoms with Gasteiger partial charge in [-0.05, 0) is 61.9 Å². The second-order valence-corrected chi connectivity index (χ2v) is 5.21. The zero-order valence-electron chi connectivity index (χ0n) is 11.8. The van der Waals surface area contributed by atoms with Crippen molar-refractivity contribution >= 4 is 0 Å². The van der Waals surface area contributed by atoms with E-state index in [1.165, 1.54) is 30.4 Å². The molecule has 2 nitrogen and oxygen atoms in total. The lowest BCUT2D eigenvalue weighted by atomic mass is 9.81. The van der Waals surface area contributed by atoms with Gasteiger partial charge < -0.3 is 10.1 Å². The van der Waals surface area contributed by atoms with Crippen LogP contribution in [0.1, 0.15) is 63.1 Å². The minimum Gasteiger partial charge on any atom is -0.494 e. The largest absolute Gasteiger partial charge is 0.494 e. The Kier molecular flexibility index (Phi) is 4.65. The third-order valence-corrected chi connectivity index (χ3v) is 3.80. The number of hydrogen-bond donors (Lipinski definition) is 1. The van der Waals surface area contributed by atoms with Gasteiger partial charge in [-0.15, -0.1) is 0 Å². The summed E-state index contributed by atoms with van der Waals surface area (Å²) in [5, 5.41) is 3.66. The van der Waals surface area contributed by atoms with E-state index >= 15 is 0 Å². The fourth-order valence-corrected chi connectivity index (χ4v) is 2.82. The molecule has 0 radical (unpaired) electrons. The maximum atomic E-state index is 5.63. The Morgan fingerprint density at radius 1 is 1.22 bits per heavy atom. The minimum absolute atomic E-state index is 0.511. The summed E-state index contributed by atoms with van der Waals surface area (Å²) in [6, 6.07) is 7.12. The summed E-state index contributed by atoms with van der Waals surface area (Å²) in [4.78, 5) is 0. The highest BCUT2D eigenvalue weighted by Crippen LogP contribution is 2.38. The molecule has 2 unspecified atom stereocenters. The Morgan fingerprint density at radius 2 is 2.06 bits per heavy atom. The summed E-state index contributed by atoms with van der Waals surface area (Å²) in [5.41, 5.74) is 2.95. The van der Waals surface area contributed by atoms with Crippen LogP contribution in [0.3, 0.4) is 0 Å². The molecule has 0 amide bonds. The van der Waals surface area contributed by atoms with Crippen molar-refractivity contribution in [1.29, 1.82) is 0 Å². The quantitative estimate of drug-likeness (QED) is 0.848. The first-order chi connectivity index (χ1) is 8.76. The molecular formula is C16H25NO. The molecule has 0 aliphatic heterocycles. The molecule has 2 heteroatoms. The SMILES string of the molecule is CCCNC1CCC(C)c2ccc(OCC)cc21. The van der Waals surface area contributed by atoms with Crippen molar-refractivity contribution in [2.75, 3.05) is 13.2 Å². The van der Waals surface area contributed by atoms with E-state index in [0.717, 1.165) is 18.9 Å².